The van der Waals surface area contributed by atoms with Gasteiger partial charge in [-0.25, -0.2) is 9.50 Å². The molecule has 3 aromatic heterocycles. The number of carbonyl (C=O) groups is 1. The molecule has 39 heavy (non-hydrogen) atoms. The van der Waals surface area contributed by atoms with E-state index in [9.17, 15) is 15.0 Å². The fourth-order valence-electron chi connectivity index (χ4n) is 5.51. The number of fused-ring (bicyclic) bond motifs is 1. The first-order chi connectivity index (χ1) is 19.1. The third-order valence-corrected chi connectivity index (χ3v) is 7.57. The minimum atomic E-state index is -0.159. The minimum Gasteiger partial charge on any atom is -0.497 e. The van der Waals surface area contributed by atoms with Crippen molar-refractivity contribution < 1.29 is 19.7 Å². The number of methoxy groups -OCH3 is 1. The van der Waals surface area contributed by atoms with Crippen molar-refractivity contribution in [3.8, 4) is 11.4 Å². The molecule has 0 aliphatic carbocycles. The van der Waals surface area contributed by atoms with Crippen molar-refractivity contribution >= 4 is 29.0 Å². The SMILES string of the molecule is COc1cc(C(=O)N2CCCC2CO)cc(-n2cnc(Nc3nc(N4CCCC4CO)nn4cccc34)c2)c1. The first kappa shape index (κ1) is 25.1. The van der Waals surface area contributed by atoms with E-state index >= 15 is 0 Å². The van der Waals surface area contributed by atoms with E-state index < -0.39 is 0 Å². The number of rotatable bonds is 8. The van der Waals surface area contributed by atoms with Gasteiger partial charge in [-0.05, 0) is 49.9 Å². The lowest BCUT2D eigenvalue weighted by atomic mass is 10.1. The van der Waals surface area contributed by atoms with E-state index in [2.05, 4.69) is 15.4 Å². The summed E-state index contributed by atoms with van der Waals surface area (Å²) in [6.07, 6.45) is 8.91. The van der Waals surface area contributed by atoms with E-state index in [1.807, 2.05) is 40.1 Å². The van der Waals surface area contributed by atoms with E-state index in [1.54, 1.807) is 35.0 Å². The van der Waals surface area contributed by atoms with Crippen LogP contribution in [0.5, 0.6) is 5.75 Å². The molecule has 5 heterocycles. The zero-order chi connectivity index (χ0) is 26.9. The van der Waals surface area contributed by atoms with Crippen LogP contribution in [0.15, 0.2) is 49.1 Å². The van der Waals surface area contributed by atoms with E-state index in [1.165, 1.54) is 0 Å². The summed E-state index contributed by atoms with van der Waals surface area (Å²) in [4.78, 5) is 26.4. The first-order valence-corrected chi connectivity index (χ1v) is 13.2. The molecule has 12 heteroatoms. The molecule has 0 saturated carbocycles. The number of amides is 1. The van der Waals surface area contributed by atoms with Gasteiger partial charge in [0.15, 0.2) is 5.82 Å². The van der Waals surface area contributed by atoms with Crippen molar-refractivity contribution in [3.63, 3.8) is 0 Å². The monoisotopic (exact) mass is 532 g/mol. The number of aromatic nitrogens is 5. The molecular formula is C27H32N8O4. The summed E-state index contributed by atoms with van der Waals surface area (Å²) in [7, 11) is 1.57. The number of anilines is 3. The Bertz CT molecular complexity index is 1480. The van der Waals surface area contributed by atoms with Crippen LogP contribution in [0.25, 0.3) is 11.2 Å². The van der Waals surface area contributed by atoms with Crippen molar-refractivity contribution in [3.05, 3.63) is 54.6 Å². The lowest BCUT2D eigenvalue weighted by Crippen LogP contribution is -2.37. The van der Waals surface area contributed by atoms with Gasteiger partial charge in [-0.2, -0.15) is 4.98 Å². The Morgan fingerprint density at radius 3 is 2.77 bits per heavy atom. The van der Waals surface area contributed by atoms with E-state index in [-0.39, 0.29) is 31.2 Å². The van der Waals surface area contributed by atoms with Crippen LogP contribution in [0.4, 0.5) is 17.6 Å². The van der Waals surface area contributed by atoms with Crippen molar-refractivity contribution in [2.45, 2.75) is 37.8 Å². The second-order valence-corrected chi connectivity index (χ2v) is 9.96. The van der Waals surface area contributed by atoms with Gasteiger partial charge in [-0.1, -0.05) is 0 Å². The standard InChI is InChI=1S/C27H32N8O4/c1-39-22-12-18(26(38)33-8-2-5-19(33)15-36)11-21(13-22)32-14-24(28-17-32)29-25-23-7-4-10-35(23)31-27(30-25)34-9-3-6-20(34)16-37/h4,7,10-14,17,19-20,36-37H,2-3,5-6,8-9,15-16H2,1H3,(H,29,30,31). The average Bonchev–Trinajstić information content (AvgIpc) is 3.78. The van der Waals surface area contributed by atoms with Gasteiger partial charge < -0.3 is 34.6 Å². The largest absolute Gasteiger partial charge is 0.497 e. The molecule has 204 valence electrons. The van der Waals surface area contributed by atoms with Crippen LogP contribution in [0.3, 0.4) is 0 Å². The Kier molecular flexibility index (Phi) is 6.79. The molecule has 2 aliphatic heterocycles. The zero-order valence-electron chi connectivity index (χ0n) is 21.8. The predicted molar refractivity (Wildman–Crippen MR) is 145 cm³/mol. The Balaban J connectivity index is 1.29. The summed E-state index contributed by atoms with van der Waals surface area (Å²) >= 11 is 0. The molecule has 6 rings (SSSR count). The first-order valence-electron chi connectivity index (χ1n) is 13.2. The number of ether oxygens (including phenoxy) is 1. The fraction of sp³-hybridized carbons (Fsp3) is 0.407. The van der Waals surface area contributed by atoms with Crippen LogP contribution >= 0.6 is 0 Å². The van der Waals surface area contributed by atoms with Gasteiger partial charge in [0.1, 0.15) is 23.4 Å². The van der Waals surface area contributed by atoms with Gasteiger partial charge in [0.2, 0.25) is 5.95 Å². The second-order valence-electron chi connectivity index (χ2n) is 9.96. The molecule has 2 atom stereocenters. The van der Waals surface area contributed by atoms with Gasteiger partial charge in [-0.15, -0.1) is 5.10 Å². The zero-order valence-corrected chi connectivity index (χ0v) is 21.8. The summed E-state index contributed by atoms with van der Waals surface area (Å²) in [6.45, 7) is 1.43. The van der Waals surface area contributed by atoms with E-state index in [0.717, 1.165) is 43.4 Å². The van der Waals surface area contributed by atoms with Crippen molar-refractivity contribution in [2.24, 2.45) is 0 Å². The number of likely N-dealkylation sites (tertiary alicyclic amines) is 1. The number of aliphatic hydroxyl groups excluding tert-OH is 2. The van der Waals surface area contributed by atoms with Gasteiger partial charge in [0.05, 0.1) is 44.3 Å². The Hall–Kier alpha value is -4.16. The molecule has 2 saturated heterocycles. The molecule has 2 unspecified atom stereocenters. The molecule has 1 aromatic carbocycles. The van der Waals surface area contributed by atoms with Crippen LogP contribution in [-0.2, 0) is 0 Å². The summed E-state index contributed by atoms with van der Waals surface area (Å²) in [5.74, 6) is 2.15. The third-order valence-electron chi connectivity index (χ3n) is 7.57. The molecule has 4 aromatic rings. The number of nitrogens with one attached hydrogen (secondary N) is 1. The average molecular weight is 533 g/mol. The minimum absolute atomic E-state index is 0.00301. The quantitative estimate of drug-likeness (QED) is 0.312. The van der Waals surface area contributed by atoms with Crippen LogP contribution in [0, 0.1) is 0 Å². The molecule has 0 radical (unpaired) electrons. The summed E-state index contributed by atoms with van der Waals surface area (Å²) < 4.78 is 9.08. The molecule has 3 N–H and O–H groups in total. The van der Waals surface area contributed by atoms with E-state index in [4.69, 9.17) is 9.72 Å². The summed E-state index contributed by atoms with van der Waals surface area (Å²) in [6, 6.07) is 9.04. The van der Waals surface area contributed by atoms with E-state index in [0.29, 0.717) is 35.4 Å². The number of imidazole rings is 1. The van der Waals surface area contributed by atoms with Gasteiger partial charge >= 0.3 is 0 Å². The number of carbonyl (C=O) groups excluding carboxylic acids is 1. The number of nitrogens with zero attached hydrogens (tertiary/aromatic N) is 7. The van der Waals surface area contributed by atoms with Gasteiger partial charge in [0, 0.05) is 30.9 Å². The highest BCUT2D eigenvalue weighted by molar-refractivity contribution is 5.95. The highest BCUT2D eigenvalue weighted by Crippen LogP contribution is 2.28. The predicted octanol–water partition coefficient (Wildman–Crippen LogP) is 2.23. The Morgan fingerprint density at radius 1 is 1.13 bits per heavy atom. The molecule has 0 bridgehead atoms. The van der Waals surface area contributed by atoms with Crippen molar-refractivity contribution in [1.29, 1.82) is 0 Å². The highest BCUT2D eigenvalue weighted by atomic mass is 16.5. The maximum Gasteiger partial charge on any atom is 0.254 e. The van der Waals surface area contributed by atoms with Gasteiger partial charge in [-0.3, -0.25) is 4.79 Å². The Labute approximate surface area is 225 Å². The summed E-state index contributed by atoms with van der Waals surface area (Å²) in [5.41, 5.74) is 2.01. The molecule has 0 spiro atoms. The summed E-state index contributed by atoms with van der Waals surface area (Å²) in [5, 5.41) is 27.4. The molecule has 1 amide bonds. The van der Waals surface area contributed by atoms with Gasteiger partial charge in [0.25, 0.3) is 5.91 Å². The normalized spacial score (nSPS) is 19.3. The lowest BCUT2D eigenvalue weighted by Gasteiger charge is -2.23. The molecule has 2 aliphatic rings. The number of benzene rings is 1. The Morgan fingerprint density at radius 2 is 1.95 bits per heavy atom. The van der Waals surface area contributed by atoms with Crippen LogP contribution < -0.4 is 15.0 Å². The highest BCUT2D eigenvalue weighted by Gasteiger charge is 2.30. The smallest absolute Gasteiger partial charge is 0.254 e. The number of hydrogen-bond donors (Lipinski definition) is 3. The number of hydrogen-bond acceptors (Lipinski definition) is 9. The molecular weight excluding hydrogens is 500 g/mol. The maximum atomic E-state index is 13.3. The van der Waals surface area contributed by atoms with Crippen molar-refractivity contribution in [2.75, 3.05) is 43.6 Å². The second kappa shape index (κ2) is 10.5. The maximum absolute atomic E-state index is 13.3. The molecule has 12 nitrogen and oxygen atoms in total. The van der Waals surface area contributed by atoms with Crippen LogP contribution in [0.1, 0.15) is 36.0 Å². The number of aliphatic hydroxyl groups is 2. The third kappa shape index (κ3) is 4.77. The lowest BCUT2D eigenvalue weighted by molar-refractivity contribution is 0.0677. The molecule has 2 fully saturated rings. The fourth-order valence-corrected chi connectivity index (χ4v) is 5.51. The topological polar surface area (TPSA) is 133 Å². The van der Waals surface area contributed by atoms with Crippen LogP contribution in [-0.4, -0.2) is 90.7 Å². The van der Waals surface area contributed by atoms with Crippen LogP contribution in [0.2, 0.25) is 0 Å². The van der Waals surface area contributed by atoms with Crippen molar-refractivity contribution in [1.82, 2.24) is 29.0 Å².